The van der Waals surface area contributed by atoms with E-state index in [9.17, 15) is 0 Å². The summed E-state index contributed by atoms with van der Waals surface area (Å²) in [7, 11) is 0. The third-order valence-corrected chi connectivity index (χ3v) is 4.04. The van der Waals surface area contributed by atoms with Crippen molar-refractivity contribution in [2.24, 2.45) is 5.73 Å². The average molecular weight is 248 g/mol. The van der Waals surface area contributed by atoms with E-state index in [1.165, 1.54) is 49.2 Å². The normalized spacial score (nSPS) is 17.2. The van der Waals surface area contributed by atoms with Gasteiger partial charge in [-0.05, 0) is 37.4 Å². The van der Waals surface area contributed by atoms with Crippen molar-refractivity contribution in [2.75, 3.05) is 19.6 Å². The van der Waals surface area contributed by atoms with Crippen LogP contribution in [0.2, 0.25) is 0 Å². The maximum Gasteiger partial charge on any atom is 0.0555 e. The predicted molar refractivity (Wildman–Crippen MR) is 74.0 cm³/mol. The number of hydrogen-bond donors (Lipinski definition) is 1. The second-order valence-corrected chi connectivity index (χ2v) is 5.45. The minimum atomic E-state index is 0.443. The standard InChI is InChI=1S/C14H20N2S/c15-8-5-6-13-7-11-17-14(13)12-16-9-3-1-2-4-10-16/h7,11H,1-4,8-10,12,15H2. The molecule has 1 aliphatic rings. The molecule has 0 atom stereocenters. The highest BCUT2D eigenvalue weighted by Gasteiger charge is 2.11. The molecule has 0 aromatic carbocycles. The summed E-state index contributed by atoms with van der Waals surface area (Å²) in [6, 6.07) is 2.11. The molecule has 1 aromatic heterocycles. The first kappa shape index (κ1) is 12.6. The largest absolute Gasteiger partial charge is 0.320 e. The Morgan fingerprint density at radius 3 is 2.71 bits per heavy atom. The summed E-state index contributed by atoms with van der Waals surface area (Å²) >= 11 is 1.82. The molecule has 2 N–H and O–H groups in total. The van der Waals surface area contributed by atoms with Crippen LogP contribution >= 0.6 is 11.3 Å². The van der Waals surface area contributed by atoms with Crippen LogP contribution in [-0.2, 0) is 6.54 Å². The molecule has 0 aliphatic carbocycles. The van der Waals surface area contributed by atoms with Gasteiger partial charge in [-0.2, -0.15) is 0 Å². The van der Waals surface area contributed by atoms with E-state index >= 15 is 0 Å². The molecule has 2 nitrogen and oxygen atoms in total. The van der Waals surface area contributed by atoms with Crippen LogP contribution in [0.3, 0.4) is 0 Å². The summed E-state index contributed by atoms with van der Waals surface area (Å²) in [5, 5.41) is 2.13. The van der Waals surface area contributed by atoms with E-state index in [1.54, 1.807) is 0 Å². The minimum Gasteiger partial charge on any atom is -0.320 e. The van der Waals surface area contributed by atoms with Gasteiger partial charge in [0.2, 0.25) is 0 Å². The van der Waals surface area contributed by atoms with Gasteiger partial charge in [-0.25, -0.2) is 0 Å². The Balaban J connectivity index is 1.99. The minimum absolute atomic E-state index is 0.443. The molecule has 1 saturated heterocycles. The summed E-state index contributed by atoms with van der Waals surface area (Å²) < 4.78 is 0. The topological polar surface area (TPSA) is 29.3 Å². The van der Waals surface area contributed by atoms with E-state index in [-0.39, 0.29) is 0 Å². The molecule has 1 aliphatic heterocycles. The Labute approximate surface area is 108 Å². The van der Waals surface area contributed by atoms with Crippen molar-refractivity contribution in [1.82, 2.24) is 4.90 Å². The van der Waals surface area contributed by atoms with Crippen molar-refractivity contribution in [3.63, 3.8) is 0 Å². The maximum atomic E-state index is 5.42. The first-order valence-electron chi connectivity index (χ1n) is 6.38. The van der Waals surface area contributed by atoms with Crippen LogP contribution in [0.15, 0.2) is 11.4 Å². The molecule has 92 valence electrons. The van der Waals surface area contributed by atoms with E-state index in [2.05, 4.69) is 28.2 Å². The van der Waals surface area contributed by atoms with Crippen LogP contribution in [0.5, 0.6) is 0 Å². The monoisotopic (exact) mass is 248 g/mol. The second-order valence-electron chi connectivity index (χ2n) is 4.45. The van der Waals surface area contributed by atoms with E-state index in [0.29, 0.717) is 6.54 Å². The van der Waals surface area contributed by atoms with Gasteiger partial charge in [0.05, 0.1) is 6.54 Å². The Morgan fingerprint density at radius 1 is 1.24 bits per heavy atom. The number of nitrogens with zero attached hydrogens (tertiary/aromatic N) is 1. The van der Waals surface area contributed by atoms with Gasteiger partial charge in [0.25, 0.3) is 0 Å². The molecular weight excluding hydrogens is 228 g/mol. The molecule has 2 rings (SSSR count). The number of thiophene rings is 1. The van der Waals surface area contributed by atoms with Gasteiger partial charge < -0.3 is 5.73 Å². The fraction of sp³-hybridized carbons (Fsp3) is 0.571. The van der Waals surface area contributed by atoms with Crippen molar-refractivity contribution < 1.29 is 0 Å². The average Bonchev–Trinajstić information content (AvgIpc) is 2.61. The van der Waals surface area contributed by atoms with Crippen LogP contribution in [-0.4, -0.2) is 24.5 Å². The third-order valence-electron chi connectivity index (χ3n) is 3.14. The first-order chi connectivity index (χ1) is 8.40. The van der Waals surface area contributed by atoms with Gasteiger partial charge in [-0.1, -0.05) is 24.7 Å². The highest BCUT2D eigenvalue weighted by Crippen LogP contribution is 2.20. The van der Waals surface area contributed by atoms with E-state index in [4.69, 9.17) is 5.73 Å². The Morgan fingerprint density at radius 2 is 2.00 bits per heavy atom. The summed E-state index contributed by atoms with van der Waals surface area (Å²) in [4.78, 5) is 3.96. The zero-order chi connectivity index (χ0) is 11.9. The smallest absolute Gasteiger partial charge is 0.0555 e. The van der Waals surface area contributed by atoms with Gasteiger partial charge in [0.15, 0.2) is 0 Å². The lowest BCUT2D eigenvalue weighted by Gasteiger charge is -2.18. The lowest BCUT2D eigenvalue weighted by molar-refractivity contribution is 0.279. The molecule has 1 aromatic rings. The van der Waals surface area contributed by atoms with Crippen LogP contribution in [0.25, 0.3) is 0 Å². The molecule has 2 heterocycles. The first-order valence-corrected chi connectivity index (χ1v) is 7.26. The highest BCUT2D eigenvalue weighted by molar-refractivity contribution is 7.10. The van der Waals surface area contributed by atoms with Gasteiger partial charge in [0.1, 0.15) is 0 Å². The fourth-order valence-electron chi connectivity index (χ4n) is 2.22. The van der Waals surface area contributed by atoms with E-state index in [1.807, 2.05) is 11.3 Å². The Bertz CT molecular complexity index is 392. The molecule has 0 saturated carbocycles. The van der Waals surface area contributed by atoms with Crippen LogP contribution in [0.4, 0.5) is 0 Å². The molecule has 3 heteroatoms. The molecule has 0 spiro atoms. The maximum absolute atomic E-state index is 5.42. The lowest BCUT2D eigenvalue weighted by atomic mass is 10.2. The van der Waals surface area contributed by atoms with E-state index < -0.39 is 0 Å². The van der Waals surface area contributed by atoms with E-state index in [0.717, 1.165) is 6.54 Å². The van der Waals surface area contributed by atoms with Crippen LogP contribution in [0, 0.1) is 11.8 Å². The second kappa shape index (κ2) is 6.80. The number of rotatable bonds is 2. The lowest BCUT2D eigenvalue weighted by Crippen LogP contribution is -2.23. The summed E-state index contributed by atoms with van der Waals surface area (Å²) in [6.45, 7) is 3.98. The molecular formula is C14H20N2S. The number of likely N-dealkylation sites (tertiary alicyclic amines) is 1. The molecule has 17 heavy (non-hydrogen) atoms. The zero-order valence-electron chi connectivity index (χ0n) is 10.2. The molecule has 0 amide bonds. The number of hydrogen-bond acceptors (Lipinski definition) is 3. The molecule has 1 fully saturated rings. The highest BCUT2D eigenvalue weighted by atomic mass is 32.1. The Hall–Kier alpha value is -0.820. The molecule has 0 radical (unpaired) electrons. The van der Waals surface area contributed by atoms with Crippen LogP contribution < -0.4 is 5.73 Å². The summed E-state index contributed by atoms with van der Waals surface area (Å²) in [5.41, 5.74) is 6.59. The Kier molecular flexibility index (Phi) is 5.06. The summed E-state index contributed by atoms with van der Waals surface area (Å²) in [6.07, 6.45) is 5.46. The molecule has 0 bridgehead atoms. The summed E-state index contributed by atoms with van der Waals surface area (Å²) in [5.74, 6) is 6.11. The van der Waals surface area contributed by atoms with Crippen molar-refractivity contribution in [3.8, 4) is 11.8 Å². The van der Waals surface area contributed by atoms with Crippen molar-refractivity contribution in [1.29, 1.82) is 0 Å². The SMILES string of the molecule is NCC#Cc1ccsc1CN1CCCCCC1. The fourth-order valence-corrected chi connectivity index (χ4v) is 3.09. The molecule has 0 unspecified atom stereocenters. The quantitative estimate of drug-likeness (QED) is 0.815. The van der Waals surface area contributed by atoms with Gasteiger partial charge in [-0.3, -0.25) is 4.90 Å². The van der Waals surface area contributed by atoms with Crippen molar-refractivity contribution in [3.05, 3.63) is 21.9 Å². The zero-order valence-corrected chi connectivity index (χ0v) is 11.1. The van der Waals surface area contributed by atoms with Gasteiger partial charge in [0, 0.05) is 17.0 Å². The number of nitrogens with two attached hydrogens (primary N) is 1. The predicted octanol–water partition coefficient (Wildman–Crippen LogP) is 2.43. The van der Waals surface area contributed by atoms with Crippen molar-refractivity contribution >= 4 is 11.3 Å². The van der Waals surface area contributed by atoms with Crippen LogP contribution in [0.1, 0.15) is 36.1 Å². The third kappa shape index (κ3) is 3.85. The van der Waals surface area contributed by atoms with Gasteiger partial charge >= 0.3 is 0 Å². The van der Waals surface area contributed by atoms with Gasteiger partial charge in [-0.15, -0.1) is 11.3 Å². The van der Waals surface area contributed by atoms with Crippen molar-refractivity contribution in [2.45, 2.75) is 32.2 Å².